The Morgan fingerprint density at radius 2 is 2.00 bits per heavy atom. The van der Waals surface area contributed by atoms with Gasteiger partial charge in [-0.3, -0.25) is 19.4 Å². The van der Waals surface area contributed by atoms with Crippen LogP contribution in [0.3, 0.4) is 0 Å². The number of pyridine rings is 1. The second-order valence-electron chi connectivity index (χ2n) is 6.40. The molecule has 11 nitrogen and oxygen atoms in total. The molecule has 0 radical (unpaired) electrons. The zero-order valence-electron chi connectivity index (χ0n) is 17.9. The molecule has 1 N–H and O–H groups in total. The largest absolute Gasteiger partial charge is 1.00 e. The molecule has 1 aromatic heterocycles. The molecule has 3 amide bonds. The van der Waals surface area contributed by atoms with Gasteiger partial charge >= 0.3 is 35.5 Å². The minimum absolute atomic E-state index is 0. The van der Waals surface area contributed by atoms with Gasteiger partial charge < -0.3 is 15.4 Å². The van der Waals surface area contributed by atoms with Gasteiger partial charge in [0.25, 0.3) is 11.8 Å². The molecule has 1 fully saturated rings. The van der Waals surface area contributed by atoms with E-state index in [1.54, 1.807) is 17.0 Å². The molecule has 0 aromatic carbocycles. The van der Waals surface area contributed by atoms with Gasteiger partial charge in [0.1, 0.15) is 10.3 Å². The molecule has 0 spiro atoms. The summed E-state index contributed by atoms with van der Waals surface area (Å²) in [7, 11) is 3.09. The first kappa shape index (κ1) is 33.2. The summed E-state index contributed by atoms with van der Waals surface area (Å²) in [6.45, 7) is 0.496. The summed E-state index contributed by atoms with van der Waals surface area (Å²) < 4.78 is 4.04. The standard InChI is InChI=1S/C18H23N3O8S3.CH4.Na/c22-14(8-11-30-32-15-6-3-5-10-20-15)19-9-4-1-2-7-17(24)27-21-16(23)12-13(18(21)25)31-29-28-26;;/h3,5-6,10,13,26H,1-2,4,7-9,11-12H2,(H,19,22);1H4;/q;;+1/p-1. The Bertz CT molecular complexity index is 778. The smallest absolute Gasteiger partial charge is 0.691 e. The van der Waals surface area contributed by atoms with Crippen LogP contribution in [0.1, 0.15) is 46.0 Å². The van der Waals surface area contributed by atoms with Crippen LogP contribution in [0.5, 0.6) is 0 Å². The number of amides is 3. The summed E-state index contributed by atoms with van der Waals surface area (Å²) in [6.07, 6.45) is 3.70. The first-order valence-electron chi connectivity index (χ1n) is 9.68. The monoisotopic (exact) mass is 543 g/mol. The third-order valence-corrected chi connectivity index (χ3v) is 7.01. The summed E-state index contributed by atoms with van der Waals surface area (Å²) in [5.74, 6) is -1.57. The maximum atomic E-state index is 11.9. The van der Waals surface area contributed by atoms with E-state index in [-0.39, 0.29) is 55.7 Å². The molecule has 1 aliphatic heterocycles. The molecule has 0 aliphatic carbocycles. The van der Waals surface area contributed by atoms with Gasteiger partial charge in [-0.1, -0.05) is 30.7 Å². The number of hydrogen-bond donors (Lipinski definition) is 1. The van der Waals surface area contributed by atoms with Gasteiger partial charge in [-0.25, -0.2) is 9.78 Å². The number of unbranched alkanes of at least 4 members (excludes halogenated alkanes) is 2. The van der Waals surface area contributed by atoms with E-state index >= 15 is 0 Å². The van der Waals surface area contributed by atoms with Crippen LogP contribution in [0.4, 0.5) is 0 Å². The predicted molar refractivity (Wildman–Crippen MR) is 121 cm³/mol. The van der Waals surface area contributed by atoms with Crippen molar-refractivity contribution in [2.24, 2.45) is 0 Å². The van der Waals surface area contributed by atoms with Gasteiger partial charge in [-0.2, -0.15) is 4.33 Å². The Morgan fingerprint density at radius 1 is 1.21 bits per heavy atom. The van der Waals surface area contributed by atoms with Crippen LogP contribution in [-0.4, -0.2) is 51.3 Å². The van der Waals surface area contributed by atoms with E-state index in [9.17, 15) is 24.4 Å². The van der Waals surface area contributed by atoms with Crippen molar-refractivity contribution in [1.29, 1.82) is 0 Å². The molecule has 15 heteroatoms. The van der Waals surface area contributed by atoms with Crippen molar-refractivity contribution in [2.75, 3.05) is 12.3 Å². The number of nitrogens with one attached hydrogen (secondary N) is 1. The summed E-state index contributed by atoms with van der Waals surface area (Å²) in [5, 5.41) is 16.1. The topological polar surface area (TPSA) is 147 Å². The SMILES string of the molecule is C.O=C(CCSSc1ccccn1)NCCCCCC(=O)ON1C(=O)CC(SOO[O-])C1=O.[Na+]. The molecule has 0 saturated carbocycles. The van der Waals surface area contributed by atoms with Crippen LogP contribution < -0.4 is 40.1 Å². The van der Waals surface area contributed by atoms with Crippen LogP contribution in [-0.2, 0) is 33.4 Å². The van der Waals surface area contributed by atoms with Crippen LogP contribution in [0.2, 0.25) is 0 Å². The van der Waals surface area contributed by atoms with Gasteiger partial charge in [0, 0.05) is 43.4 Å². The quantitative estimate of drug-likeness (QED) is 0.0550. The third-order valence-electron chi connectivity index (χ3n) is 4.01. The first-order valence-corrected chi connectivity index (χ1v) is 12.8. The minimum atomic E-state index is -1.00. The Morgan fingerprint density at radius 3 is 2.71 bits per heavy atom. The summed E-state index contributed by atoms with van der Waals surface area (Å²) >= 11 is 0.383. The van der Waals surface area contributed by atoms with Crippen LogP contribution in [0, 0.1) is 0 Å². The van der Waals surface area contributed by atoms with Crippen molar-refractivity contribution in [3.8, 4) is 0 Å². The molecule has 1 unspecified atom stereocenters. The normalized spacial score (nSPS) is 14.9. The van der Waals surface area contributed by atoms with E-state index in [0.717, 1.165) is 5.03 Å². The van der Waals surface area contributed by atoms with E-state index in [2.05, 4.69) is 19.7 Å². The fourth-order valence-electron chi connectivity index (χ4n) is 2.48. The maximum absolute atomic E-state index is 11.9. The number of nitrogens with zero attached hydrogens (tertiary/aromatic N) is 2. The van der Waals surface area contributed by atoms with Crippen LogP contribution >= 0.6 is 33.6 Å². The number of imide groups is 1. The van der Waals surface area contributed by atoms with Crippen molar-refractivity contribution in [3.63, 3.8) is 0 Å². The predicted octanol–water partition coefficient (Wildman–Crippen LogP) is -1.01. The fraction of sp³-hybridized carbons (Fsp3) is 0.526. The van der Waals surface area contributed by atoms with Gasteiger partial charge in [-0.15, -0.1) is 5.06 Å². The number of carbonyl (C=O) groups is 4. The molecule has 2 heterocycles. The summed E-state index contributed by atoms with van der Waals surface area (Å²) in [6, 6.07) is 5.67. The molecule has 2 rings (SSSR count). The molecule has 1 atom stereocenters. The van der Waals surface area contributed by atoms with Crippen molar-refractivity contribution < 1.29 is 68.2 Å². The number of carbonyl (C=O) groups excluding carboxylic acids is 4. The number of rotatable bonds is 15. The van der Waals surface area contributed by atoms with Crippen molar-refractivity contribution >= 4 is 57.3 Å². The van der Waals surface area contributed by atoms with Crippen LogP contribution in [0.25, 0.3) is 0 Å². The molecule has 184 valence electrons. The second-order valence-corrected chi connectivity index (χ2v) is 9.73. The van der Waals surface area contributed by atoms with E-state index < -0.39 is 23.0 Å². The Kier molecular flexibility index (Phi) is 18.9. The van der Waals surface area contributed by atoms with E-state index in [1.165, 1.54) is 10.8 Å². The Hall–Kier alpha value is -0.840. The van der Waals surface area contributed by atoms with Gasteiger partial charge in [-0.05, 0) is 35.8 Å². The zero-order valence-corrected chi connectivity index (χ0v) is 22.4. The average molecular weight is 544 g/mol. The fourth-order valence-corrected chi connectivity index (χ4v) is 4.87. The summed E-state index contributed by atoms with van der Waals surface area (Å²) in [5.41, 5.74) is 0. The first-order chi connectivity index (χ1) is 15.5. The molecule has 1 aromatic rings. The van der Waals surface area contributed by atoms with Crippen molar-refractivity contribution in [2.45, 2.75) is 56.2 Å². The molecule has 0 bridgehead atoms. The number of hydrogen-bond acceptors (Lipinski definition) is 12. The van der Waals surface area contributed by atoms with Gasteiger partial charge in [0.05, 0.1) is 6.42 Å². The Labute approximate surface area is 232 Å². The van der Waals surface area contributed by atoms with E-state index in [1.807, 2.05) is 18.2 Å². The number of hydroxylamine groups is 2. The van der Waals surface area contributed by atoms with E-state index in [4.69, 9.17) is 4.84 Å². The molecule has 34 heavy (non-hydrogen) atoms. The molecular formula is C19H26N3NaO8S3. The van der Waals surface area contributed by atoms with Crippen molar-refractivity contribution in [1.82, 2.24) is 15.4 Å². The summed E-state index contributed by atoms with van der Waals surface area (Å²) in [4.78, 5) is 56.3. The molecule has 1 saturated heterocycles. The Balaban J connectivity index is 0.00000544. The molecule has 1 aliphatic rings. The maximum Gasteiger partial charge on any atom is 1.00 e. The molecular weight excluding hydrogens is 517 g/mol. The average Bonchev–Trinajstić information content (AvgIpc) is 3.05. The van der Waals surface area contributed by atoms with Gasteiger partial charge in [0.15, 0.2) is 0 Å². The third kappa shape index (κ3) is 12.7. The second kappa shape index (κ2) is 19.4. The van der Waals surface area contributed by atoms with Gasteiger partial charge in [0.2, 0.25) is 5.91 Å². The van der Waals surface area contributed by atoms with E-state index in [0.29, 0.717) is 55.1 Å². The minimum Gasteiger partial charge on any atom is -0.691 e. The number of aromatic nitrogens is 1. The zero-order chi connectivity index (χ0) is 23.2. The van der Waals surface area contributed by atoms with Crippen LogP contribution in [0.15, 0.2) is 29.4 Å². The van der Waals surface area contributed by atoms with Crippen molar-refractivity contribution in [3.05, 3.63) is 24.4 Å².